The predicted molar refractivity (Wildman–Crippen MR) is 76.4 cm³/mol. The minimum atomic E-state index is -0.287. The highest BCUT2D eigenvalue weighted by Crippen LogP contribution is 2.26. The van der Waals surface area contributed by atoms with E-state index in [-0.39, 0.29) is 5.82 Å². The summed E-state index contributed by atoms with van der Waals surface area (Å²) in [6.07, 6.45) is 0. The third-order valence-electron chi connectivity index (χ3n) is 3.06. The van der Waals surface area contributed by atoms with E-state index in [1.807, 2.05) is 11.6 Å². The molecule has 0 N–H and O–H groups in total. The third kappa shape index (κ3) is 2.23. The van der Waals surface area contributed by atoms with E-state index in [4.69, 9.17) is 4.74 Å². The van der Waals surface area contributed by atoms with E-state index >= 15 is 0 Å². The minimum Gasteiger partial charge on any atom is -0.384 e. The Morgan fingerprint density at radius 3 is 3.00 bits per heavy atom. The SMILES string of the molecule is COCCSc1nnc2c3cc(F)ccc3n(C)c2n1. The van der Waals surface area contributed by atoms with Gasteiger partial charge in [0.25, 0.3) is 0 Å². The maximum Gasteiger partial charge on any atom is 0.211 e. The van der Waals surface area contributed by atoms with Gasteiger partial charge >= 0.3 is 0 Å². The molecule has 0 fully saturated rings. The lowest BCUT2D eigenvalue weighted by atomic mass is 10.2. The molecule has 0 radical (unpaired) electrons. The predicted octanol–water partition coefficient (Wildman–Crippen LogP) is 2.39. The first kappa shape index (κ1) is 13.3. The van der Waals surface area contributed by atoms with Crippen LogP contribution in [0, 0.1) is 5.82 Å². The topological polar surface area (TPSA) is 52.8 Å². The number of aryl methyl sites for hydroxylation is 1. The normalized spacial score (nSPS) is 11.6. The van der Waals surface area contributed by atoms with Crippen molar-refractivity contribution in [2.75, 3.05) is 19.5 Å². The molecule has 2 aromatic heterocycles. The largest absolute Gasteiger partial charge is 0.384 e. The molecule has 0 aliphatic rings. The molecule has 0 amide bonds. The zero-order valence-corrected chi connectivity index (χ0v) is 11.9. The van der Waals surface area contributed by atoms with Gasteiger partial charge in [-0.3, -0.25) is 0 Å². The summed E-state index contributed by atoms with van der Waals surface area (Å²) in [4.78, 5) is 4.49. The molecule has 0 aliphatic heterocycles. The Balaban J connectivity index is 2.10. The first-order valence-corrected chi connectivity index (χ1v) is 7.09. The maximum absolute atomic E-state index is 13.4. The molecule has 0 bridgehead atoms. The quantitative estimate of drug-likeness (QED) is 0.546. The Labute approximate surface area is 119 Å². The van der Waals surface area contributed by atoms with E-state index in [1.165, 1.54) is 23.9 Å². The number of ether oxygens (including phenoxy) is 1. The summed E-state index contributed by atoms with van der Waals surface area (Å²) < 4.78 is 20.3. The van der Waals surface area contributed by atoms with Gasteiger partial charge in [-0.25, -0.2) is 9.37 Å². The second kappa shape index (κ2) is 5.34. The van der Waals surface area contributed by atoms with Crippen LogP contribution in [0.4, 0.5) is 4.39 Å². The van der Waals surface area contributed by atoms with Crippen LogP contribution in [0.5, 0.6) is 0 Å². The number of aromatic nitrogens is 4. The number of methoxy groups -OCH3 is 1. The number of thioether (sulfide) groups is 1. The van der Waals surface area contributed by atoms with Crippen LogP contribution < -0.4 is 0 Å². The smallest absolute Gasteiger partial charge is 0.211 e. The van der Waals surface area contributed by atoms with Crippen LogP contribution in [0.15, 0.2) is 23.4 Å². The van der Waals surface area contributed by atoms with Crippen molar-refractivity contribution in [3.05, 3.63) is 24.0 Å². The monoisotopic (exact) mass is 292 g/mol. The van der Waals surface area contributed by atoms with E-state index in [1.54, 1.807) is 13.2 Å². The molecular formula is C13H13FN4OS. The molecule has 1 aromatic carbocycles. The lowest BCUT2D eigenvalue weighted by Crippen LogP contribution is -1.98. The van der Waals surface area contributed by atoms with Crippen molar-refractivity contribution in [2.45, 2.75) is 5.16 Å². The van der Waals surface area contributed by atoms with E-state index in [9.17, 15) is 4.39 Å². The average molecular weight is 292 g/mol. The van der Waals surface area contributed by atoms with E-state index in [0.717, 1.165) is 16.7 Å². The standard InChI is InChI=1S/C13H13FN4OS/c1-18-10-4-3-8(14)7-9(10)11-12(18)15-13(17-16-11)20-6-5-19-2/h3-4,7H,5-6H2,1-2H3. The van der Waals surface area contributed by atoms with Crippen LogP contribution in [-0.4, -0.2) is 39.2 Å². The molecule has 20 heavy (non-hydrogen) atoms. The molecule has 0 aliphatic carbocycles. The maximum atomic E-state index is 13.4. The number of halogens is 1. The van der Waals surface area contributed by atoms with Crippen molar-refractivity contribution in [2.24, 2.45) is 7.05 Å². The fourth-order valence-corrected chi connectivity index (χ4v) is 2.78. The summed E-state index contributed by atoms with van der Waals surface area (Å²) in [6, 6.07) is 4.63. The van der Waals surface area contributed by atoms with Crippen LogP contribution >= 0.6 is 11.8 Å². The number of fused-ring (bicyclic) bond motifs is 3. The lowest BCUT2D eigenvalue weighted by Gasteiger charge is -2.00. The summed E-state index contributed by atoms with van der Waals surface area (Å²) in [5, 5.41) is 9.60. The van der Waals surface area contributed by atoms with Gasteiger partial charge in [0.05, 0.1) is 12.1 Å². The highest BCUT2D eigenvalue weighted by Gasteiger charge is 2.13. The van der Waals surface area contributed by atoms with Gasteiger partial charge in [0.1, 0.15) is 11.3 Å². The Bertz CT molecular complexity index is 774. The van der Waals surface area contributed by atoms with Crippen molar-refractivity contribution in [3.63, 3.8) is 0 Å². The number of nitrogens with zero attached hydrogens (tertiary/aromatic N) is 4. The fraction of sp³-hybridized carbons (Fsp3) is 0.308. The molecule has 0 saturated carbocycles. The van der Waals surface area contributed by atoms with Crippen LogP contribution in [0.3, 0.4) is 0 Å². The molecule has 3 aromatic rings. The molecule has 5 nitrogen and oxygen atoms in total. The zero-order chi connectivity index (χ0) is 14.1. The van der Waals surface area contributed by atoms with Crippen LogP contribution in [0.2, 0.25) is 0 Å². The Morgan fingerprint density at radius 1 is 1.35 bits per heavy atom. The second-order valence-corrected chi connectivity index (χ2v) is 5.39. The highest BCUT2D eigenvalue weighted by atomic mass is 32.2. The van der Waals surface area contributed by atoms with Crippen molar-refractivity contribution in [1.82, 2.24) is 19.7 Å². The van der Waals surface area contributed by atoms with Gasteiger partial charge in [-0.1, -0.05) is 11.8 Å². The van der Waals surface area contributed by atoms with Gasteiger partial charge < -0.3 is 9.30 Å². The summed E-state index contributed by atoms with van der Waals surface area (Å²) in [7, 11) is 3.54. The first-order valence-electron chi connectivity index (χ1n) is 6.11. The number of hydrogen-bond acceptors (Lipinski definition) is 5. The summed E-state index contributed by atoms with van der Waals surface area (Å²) in [6.45, 7) is 0.631. The van der Waals surface area contributed by atoms with Gasteiger partial charge in [0.15, 0.2) is 5.65 Å². The van der Waals surface area contributed by atoms with Crippen LogP contribution in [0.25, 0.3) is 22.1 Å². The Hall–Kier alpha value is -1.73. The van der Waals surface area contributed by atoms with E-state index < -0.39 is 0 Å². The van der Waals surface area contributed by atoms with Crippen molar-refractivity contribution in [1.29, 1.82) is 0 Å². The highest BCUT2D eigenvalue weighted by molar-refractivity contribution is 7.99. The van der Waals surface area contributed by atoms with E-state index in [0.29, 0.717) is 22.9 Å². The summed E-state index contributed by atoms with van der Waals surface area (Å²) in [5.74, 6) is 0.479. The van der Waals surface area contributed by atoms with Crippen molar-refractivity contribution >= 4 is 33.8 Å². The van der Waals surface area contributed by atoms with Gasteiger partial charge in [0.2, 0.25) is 5.16 Å². The molecule has 0 unspecified atom stereocenters. The van der Waals surface area contributed by atoms with E-state index in [2.05, 4.69) is 15.2 Å². The zero-order valence-electron chi connectivity index (χ0n) is 11.1. The second-order valence-electron chi connectivity index (χ2n) is 4.33. The Kier molecular flexibility index (Phi) is 3.54. The van der Waals surface area contributed by atoms with Crippen molar-refractivity contribution < 1.29 is 9.13 Å². The van der Waals surface area contributed by atoms with Gasteiger partial charge in [-0.15, -0.1) is 10.2 Å². The van der Waals surface area contributed by atoms with Crippen molar-refractivity contribution in [3.8, 4) is 0 Å². The van der Waals surface area contributed by atoms with Crippen LogP contribution in [-0.2, 0) is 11.8 Å². The molecule has 0 saturated heterocycles. The number of rotatable bonds is 4. The third-order valence-corrected chi connectivity index (χ3v) is 3.86. The van der Waals surface area contributed by atoms with Gasteiger partial charge in [-0.2, -0.15) is 0 Å². The molecule has 0 spiro atoms. The molecule has 104 valence electrons. The van der Waals surface area contributed by atoms with Gasteiger partial charge in [0, 0.05) is 25.3 Å². The summed E-state index contributed by atoms with van der Waals surface area (Å²) in [5.41, 5.74) is 2.22. The first-order chi connectivity index (χ1) is 9.70. The molecule has 3 rings (SSSR count). The lowest BCUT2D eigenvalue weighted by molar-refractivity contribution is 0.218. The molecule has 0 atom stereocenters. The molecular weight excluding hydrogens is 279 g/mol. The van der Waals surface area contributed by atoms with Gasteiger partial charge in [-0.05, 0) is 18.2 Å². The summed E-state index contributed by atoms with van der Waals surface area (Å²) >= 11 is 1.48. The average Bonchev–Trinajstić information content (AvgIpc) is 2.72. The van der Waals surface area contributed by atoms with Crippen LogP contribution in [0.1, 0.15) is 0 Å². The number of benzene rings is 1. The minimum absolute atomic E-state index is 0.287. The fourth-order valence-electron chi connectivity index (χ4n) is 2.09. The Morgan fingerprint density at radius 2 is 2.20 bits per heavy atom. The molecule has 2 heterocycles. The number of hydrogen-bond donors (Lipinski definition) is 0. The molecule has 7 heteroatoms.